The monoisotopic (exact) mass is 267 g/mol. The molecule has 0 bridgehead atoms. The average molecular weight is 268 g/mol. The smallest absolute Gasteiger partial charge is 0.147 e. The van der Waals surface area contributed by atoms with E-state index in [1.165, 1.54) is 11.3 Å². The highest BCUT2D eigenvalue weighted by Gasteiger charge is 2.12. The van der Waals surface area contributed by atoms with E-state index in [1.807, 2.05) is 32.0 Å². The van der Waals surface area contributed by atoms with Crippen molar-refractivity contribution in [3.05, 3.63) is 33.8 Å². The van der Waals surface area contributed by atoms with Crippen LogP contribution >= 0.6 is 22.9 Å². The van der Waals surface area contributed by atoms with E-state index in [4.69, 9.17) is 17.3 Å². The average Bonchev–Trinajstić information content (AvgIpc) is 2.81. The van der Waals surface area contributed by atoms with Crippen LogP contribution in [-0.4, -0.2) is 10.2 Å². The quantitative estimate of drug-likeness (QED) is 0.925. The van der Waals surface area contributed by atoms with Gasteiger partial charge in [0.05, 0.1) is 6.04 Å². The molecule has 17 heavy (non-hydrogen) atoms. The molecule has 2 rings (SSSR count). The van der Waals surface area contributed by atoms with Gasteiger partial charge in [0, 0.05) is 10.6 Å². The van der Waals surface area contributed by atoms with Crippen molar-refractivity contribution >= 4 is 22.9 Å². The lowest BCUT2D eigenvalue weighted by Gasteiger charge is -2.01. The molecule has 0 saturated heterocycles. The second-order valence-corrected chi connectivity index (χ2v) is 5.34. The maximum absolute atomic E-state index is 6.09. The molecule has 2 aromatic rings. The van der Waals surface area contributed by atoms with Gasteiger partial charge in [0.2, 0.25) is 0 Å². The second kappa shape index (κ2) is 5.12. The van der Waals surface area contributed by atoms with Crippen LogP contribution in [0, 0.1) is 6.92 Å². The fourth-order valence-corrected chi connectivity index (χ4v) is 2.51. The van der Waals surface area contributed by atoms with Crippen molar-refractivity contribution in [3.63, 3.8) is 0 Å². The van der Waals surface area contributed by atoms with Gasteiger partial charge < -0.3 is 5.73 Å². The highest BCUT2D eigenvalue weighted by Crippen LogP contribution is 2.29. The highest BCUT2D eigenvalue weighted by atomic mass is 35.5. The lowest BCUT2D eigenvalue weighted by molar-refractivity contribution is 0.683. The fourth-order valence-electron chi connectivity index (χ4n) is 1.40. The number of rotatable bonds is 3. The fraction of sp³-hybridized carbons (Fsp3) is 0.333. The van der Waals surface area contributed by atoms with E-state index in [0.29, 0.717) is 0 Å². The van der Waals surface area contributed by atoms with Gasteiger partial charge in [-0.05, 0) is 25.0 Å². The van der Waals surface area contributed by atoms with Crippen molar-refractivity contribution in [1.82, 2.24) is 10.2 Å². The molecule has 0 spiro atoms. The van der Waals surface area contributed by atoms with Crippen molar-refractivity contribution in [3.8, 4) is 10.6 Å². The number of aryl methyl sites for hydroxylation is 1. The summed E-state index contributed by atoms with van der Waals surface area (Å²) in [7, 11) is 0. The van der Waals surface area contributed by atoms with Crippen LogP contribution in [0.25, 0.3) is 10.6 Å². The zero-order valence-electron chi connectivity index (χ0n) is 9.77. The maximum atomic E-state index is 6.09. The predicted octanol–water partition coefficient (Wildman–Crippen LogP) is 3.58. The molecular weight excluding hydrogens is 254 g/mol. The molecule has 0 amide bonds. The van der Waals surface area contributed by atoms with E-state index in [9.17, 15) is 0 Å². The van der Waals surface area contributed by atoms with Gasteiger partial charge in [0.25, 0.3) is 0 Å². The first-order chi connectivity index (χ1) is 8.11. The van der Waals surface area contributed by atoms with Gasteiger partial charge in [-0.1, -0.05) is 42.0 Å². The zero-order chi connectivity index (χ0) is 12.4. The molecule has 0 aliphatic rings. The first kappa shape index (κ1) is 12.5. The van der Waals surface area contributed by atoms with E-state index in [1.54, 1.807) is 0 Å². The summed E-state index contributed by atoms with van der Waals surface area (Å²) in [6, 6.07) is 5.88. The van der Waals surface area contributed by atoms with Crippen molar-refractivity contribution in [2.24, 2.45) is 5.73 Å². The zero-order valence-corrected chi connectivity index (χ0v) is 11.3. The Hall–Kier alpha value is -0.970. The molecule has 2 N–H and O–H groups in total. The van der Waals surface area contributed by atoms with Gasteiger partial charge in [-0.25, -0.2) is 0 Å². The third-order valence-electron chi connectivity index (χ3n) is 2.62. The molecule has 1 unspecified atom stereocenters. The second-order valence-electron chi connectivity index (χ2n) is 3.92. The van der Waals surface area contributed by atoms with Crippen LogP contribution in [0.15, 0.2) is 18.2 Å². The summed E-state index contributed by atoms with van der Waals surface area (Å²) in [6.45, 7) is 4.01. The lowest BCUT2D eigenvalue weighted by atomic mass is 10.2. The van der Waals surface area contributed by atoms with Crippen molar-refractivity contribution in [1.29, 1.82) is 0 Å². The van der Waals surface area contributed by atoms with Crippen LogP contribution in [0.1, 0.15) is 30.0 Å². The number of nitrogens with two attached hydrogens (primary N) is 1. The summed E-state index contributed by atoms with van der Waals surface area (Å²) in [5, 5.41) is 10.8. The minimum absolute atomic E-state index is 0.0258. The van der Waals surface area contributed by atoms with Gasteiger partial charge >= 0.3 is 0 Å². The standard InChI is InChI=1S/C12H14ClN3S/c1-3-10(14)12-16-15-11(17-12)8-5-4-7(2)9(13)6-8/h4-6,10H,3,14H2,1-2H3. The third kappa shape index (κ3) is 2.65. The number of nitrogens with zero attached hydrogens (tertiary/aromatic N) is 2. The van der Waals surface area contributed by atoms with Gasteiger partial charge in [0.15, 0.2) is 0 Å². The number of hydrogen-bond acceptors (Lipinski definition) is 4. The Bertz CT molecular complexity index is 524. The first-order valence-corrected chi connectivity index (χ1v) is 6.66. The summed E-state index contributed by atoms with van der Waals surface area (Å²) in [6.07, 6.45) is 0.864. The summed E-state index contributed by atoms with van der Waals surface area (Å²) >= 11 is 7.62. The summed E-state index contributed by atoms with van der Waals surface area (Å²) in [5.74, 6) is 0. The Morgan fingerprint density at radius 2 is 2.18 bits per heavy atom. The van der Waals surface area contributed by atoms with Crippen LogP contribution in [0.2, 0.25) is 5.02 Å². The predicted molar refractivity (Wildman–Crippen MR) is 72.3 cm³/mol. The first-order valence-electron chi connectivity index (χ1n) is 5.47. The lowest BCUT2D eigenvalue weighted by Crippen LogP contribution is -2.07. The van der Waals surface area contributed by atoms with Crippen molar-refractivity contribution in [2.45, 2.75) is 26.3 Å². The molecular formula is C12H14ClN3S. The minimum atomic E-state index is -0.0258. The van der Waals surface area contributed by atoms with Gasteiger partial charge in [-0.3, -0.25) is 0 Å². The molecule has 0 aliphatic carbocycles. The molecule has 3 nitrogen and oxygen atoms in total. The minimum Gasteiger partial charge on any atom is -0.322 e. The van der Waals surface area contributed by atoms with Crippen LogP contribution in [0.3, 0.4) is 0 Å². The molecule has 1 aromatic carbocycles. The van der Waals surface area contributed by atoms with Gasteiger partial charge in [-0.15, -0.1) is 10.2 Å². The van der Waals surface area contributed by atoms with Crippen molar-refractivity contribution in [2.75, 3.05) is 0 Å². The Kier molecular flexibility index (Phi) is 3.76. The molecule has 1 heterocycles. The number of hydrogen-bond donors (Lipinski definition) is 1. The molecule has 0 radical (unpaired) electrons. The van der Waals surface area contributed by atoms with Crippen LogP contribution < -0.4 is 5.73 Å². The summed E-state index contributed by atoms with van der Waals surface area (Å²) in [5.41, 5.74) is 7.98. The molecule has 5 heteroatoms. The molecule has 0 aliphatic heterocycles. The van der Waals surface area contributed by atoms with E-state index >= 15 is 0 Å². The number of halogens is 1. The van der Waals surface area contributed by atoms with E-state index < -0.39 is 0 Å². The molecule has 0 saturated carbocycles. The topological polar surface area (TPSA) is 51.8 Å². The third-order valence-corrected chi connectivity index (χ3v) is 4.13. The Morgan fingerprint density at radius 3 is 2.82 bits per heavy atom. The van der Waals surface area contributed by atoms with E-state index in [0.717, 1.165) is 32.6 Å². The molecule has 1 aromatic heterocycles. The van der Waals surface area contributed by atoms with Crippen molar-refractivity contribution < 1.29 is 0 Å². The Balaban J connectivity index is 2.33. The van der Waals surface area contributed by atoms with Crippen LogP contribution in [-0.2, 0) is 0 Å². The highest BCUT2D eigenvalue weighted by molar-refractivity contribution is 7.14. The molecule has 1 atom stereocenters. The van der Waals surface area contributed by atoms with Crippen LogP contribution in [0.4, 0.5) is 0 Å². The number of benzene rings is 1. The number of aromatic nitrogens is 2. The van der Waals surface area contributed by atoms with E-state index in [2.05, 4.69) is 10.2 Å². The SMILES string of the molecule is CCC(N)c1nnc(-c2ccc(C)c(Cl)c2)s1. The maximum Gasteiger partial charge on any atom is 0.147 e. The Labute approximate surface area is 110 Å². The summed E-state index contributed by atoms with van der Waals surface area (Å²) < 4.78 is 0. The largest absolute Gasteiger partial charge is 0.322 e. The van der Waals surface area contributed by atoms with Crippen LogP contribution in [0.5, 0.6) is 0 Å². The van der Waals surface area contributed by atoms with Gasteiger partial charge in [-0.2, -0.15) is 0 Å². The summed E-state index contributed by atoms with van der Waals surface area (Å²) in [4.78, 5) is 0. The van der Waals surface area contributed by atoms with Gasteiger partial charge in [0.1, 0.15) is 10.0 Å². The molecule has 90 valence electrons. The van der Waals surface area contributed by atoms with E-state index in [-0.39, 0.29) is 6.04 Å². The Morgan fingerprint density at radius 1 is 1.41 bits per heavy atom. The molecule has 0 fully saturated rings. The normalized spacial score (nSPS) is 12.7.